The standard InChI is InChI=1S/C17H17N3O3S/c1-3-18-17(24)15(19-9-5-6-12(2)11-19)16(21)13-7-4-8-14(10-13)20(22)23/h4-11,15H,3H2,1-2H3. The molecule has 1 unspecified atom stereocenters. The van der Waals surface area contributed by atoms with Gasteiger partial charge in [0.15, 0.2) is 12.4 Å². The number of Topliss-reactive ketones (excluding diaryl/α,β-unsaturated/α-hetero) is 1. The summed E-state index contributed by atoms with van der Waals surface area (Å²) in [5.41, 5.74) is 1.07. The second kappa shape index (κ2) is 7.74. The Kier molecular flexibility index (Phi) is 5.70. The van der Waals surface area contributed by atoms with E-state index < -0.39 is 11.0 Å². The zero-order valence-corrected chi connectivity index (χ0v) is 14.2. The lowest BCUT2D eigenvalue weighted by molar-refractivity contribution is -0.692. The molecule has 1 aromatic carbocycles. The van der Waals surface area contributed by atoms with Gasteiger partial charge in [-0.15, -0.1) is 0 Å². The molecule has 6 nitrogen and oxygen atoms in total. The van der Waals surface area contributed by atoms with Crippen LogP contribution in [0.15, 0.2) is 53.8 Å². The van der Waals surface area contributed by atoms with Crippen molar-refractivity contribution in [1.82, 2.24) is 0 Å². The molecule has 1 aromatic heterocycles. The predicted molar refractivity (Wildman–Crippen MR) is 93.2 cm³/mol. The fraction of sp³-hybridized carbons (Fsp3) is 0.235. The number of pyridine rings is 1. The molecule has 1 atom stereocenters. The van der Waals surface area contributed by atoms with E-state index in [9.17, 15) is 14.9 Å². The topological polar surface area (TPSA) is 76.4 Å². The van der Waals surface area contributed by atoms with Crippen LogP contribution in [0.5, 0.6) is 0 Å². The van der Waals surface area contributed by atoms with E-state index in [1.807, 2.05) is 26.0 Å². The van der Waals surface area contributed by atoms with Crippen LogP contribution >= 0.6 is 0 Å². The molecule has 124 valence electrons. The Labute approximate surface area is 145 Å². The quantitative estimate of drug-likeness (QED) is 0.154. The number of carbonyl (C=O) groups excluding carboxylic acids is 1. The molecule has 24 heavy (non-hydrogen) atoms. The Morgan fingerprint density at radius 3 is 2.75 bits per heavy atom. The summed E-state index contributed by atoms with van der Waals surface area (Å²) in [6.45, 7) is 4.21. The van der Waals surface area contributed by atoms with Gasteiger partial charge in [0.25, 0.3) is 5.69 Å². The molecule has 0 aliphatic rings. The van der Waals surface area contributed by atoms with Crippen molar-refractivity contribution in [3.05, 3.63) is 70.0 Å². The molecule has 0 fully saturated rings. The van der Waals surface area contributed by atoms with Crippen LogP contribution in [-0.2, 0) is 12.6 Å². The monoisotopic (exact) mass is 343 g/mol. The Bertz CT molecular complexity index is 805. The first kappa shape index (κ1) is 17.7. The van der Waals surface area contributed by atoms with Crippen molar-refractivity contribution in [3.8, 4) is 0 Å². The number of carbonyl (C=O) groups is 1. The summed E-state index contributed by atoms with van der Waals surface area (Å²) in [4.78, 5) is 27.6. The molecule has 2 rings (SSSR count). The van der Waals surface area contributed by atoms with Gasteiger partial charge in [-0.2, -0.15) is 4.57 Å². The number of ketones is 1. The summed E-state index contributed by atoms with van der Waals surface area (Å²) in [6, 6.07) is 8.57. The minimum atomic E-state index is -0.804. The predicted octanol–water partition coefficient (Wildman–Crippen LogP) is 2.58. The molecule has 2 aromatic rings. The molecule has 7 heteroatoms. The second-order valence-electron chi connectivity index (χ2n) is 5.22. The number of benzene rings is 1. The van der Waals surface area contributed by atoms with Crippen molar-refractivity contribution in [2.24, 2.45) is 4.99 Å². The van der Waals surface area contributed by atoms with Crippen molar-refractivity contribution in [2.45, 2.75) is 19.9 Å². The van der Waals surface area contributed by atoms with E-state index in [1.165, 1.54) is 18.2 Å². The van der Waals surface area contributed by atoms with Gasteiger partial charge in [-0.1, -0.05) is 12.1 Å². The SMILES string of the molecule is CCN=C([S-])C(C(=O)c1cccc([N+](=O)[O-])c1)[n+]1cccc(C)c1. The molecule has 0 aliphatic carbocycles. The second-order valence-corrected chi connectivity index (χ2v) is 5.63. The van der Waals surface area contributed by atoms with Crippen molar-refractivity contribution in [1.29, 1.82) is 0 Å². The van der Waals surface area contributed by atoms with Gasteiger partial charge in [-0.05, 0) is 25.0 Å². The Morgan fingerprint density at radius 1 is 1.38 bits per heavy atom. The van der Waals surface area contributed by atoms with Crippen LogP contribution in [0.4, 0.5) is 5.69 Å². The van der Waals surface area contributed by atoms with Crippen LogP contribution in [0.1, 0.15) is 28.9 Å². The highest BCUT2D eigenvalue weighted by Crippen LogP contribution is 2.17. The normalized spacial score (nSPS) is 12.7. The van der Waals surface area contributed by atoms with Gasteiger partial charge in [0, 0.05) is 35.9 Å². The molecule has 0 saturated heterocycles. The van der Waals surface area contributed by atoms with Crippen molar-refractivity contribution >= 4 is 29.1 Å². The number of aromatic nitrogens is 1. The van der Waals surface area contributed by atoms with Crippen molar-refractivity contribution in [2.75, 3.05) is 6.54 Å². The van der Waals surface area contributed by atoms with Crippen LogP contribution in [0, 0.1) is 17.0 Å². The van der Waals surface area contributed by atoms with Gasteiger partial charge in [0.05, 0.1) is 4.92 Å². The smallest absolute Gasteiger partial charge is 0.270 e. The number of hydrogen-bond donors (Lipinski definition) is 0. The lowest BCUT2D eigenvalue weighted by Gasteiger charge is -2.18. The molecular formula is C17H17N3O3S. The summed E-state index contributed by atoms with van der Waals surface area (Å²) >= 11 is 5.32. The van der Waals surface area contributed by atoms with Gasteiger partial charge in [-0.3, -0.25) is 14.9 Å². The summed E-state index contributed by atoms with van der Waals surface area (Å²) < 4.78 is 1.69. The molecule has 0 radical (unpaired) electrons. The highest BCUT2D eigenvalue weighted by Gasteiger charge is 2.29. The zero-order chi connectivity index (χ0) is 17.7. The maximum absolute atomic E-state index is 13.0. The first-order chi connectivity index (χ1) is 11.4. The maximum atomic E-state index is 13.0. The minimum Gasteiger partial charge on any atom is -0.758 e. The van der Waals surface area contributed by atoms with E-state index >= 15 is 0 Å². The molecule has 0 aliphatic heterocycles. The summed E-state index contributed by atoms with van der Waals surface area (Å²) in [5, 5.41) is 11.2. The van der Waals surface area contributed by atoms with E-state index in [0.717, 1.165) is 5.56 Å². The van der Waals surface area contributed by atoms with Crippen LogP contribution in [0.25, 0.3) is 0 Å². The Balaban J connectivity index is 2.51. The largest absolute Gasteiger partial charge is 0.758 e. The average molecular weight is 343 g/mol. The Hall–Kier alpha value is -2.67. The zero-order valence-electron chi connectivity index (χ0n) is 13.4. The number of nitro benzene ring substituents is 1. The van der Waals surface area contributed by atoms with E-state index in [0.29, 0.717) is 6.54 Å². The summed E-state index contributed by atoms with van der Waals surface area (Å²) in [7, 11) is 0. The number of nitrogens with zero attached hydrogens (tertiary/aromatic N) is 3. The Morgan fingerprint density at radius 2 is 2.12 bits per heavy atom. The fourth-order valence-electron chi connectivity index (χ4n) is 2.32. The third-order valence-corrected chi connectivity index (χ3v) is 3.76. The summed E-state index contributed by atoms with van der Waals surface area (Å²) in [5.74, 6) is -0.323. The highest BCUT2D eigenvalue weighted by atomic mass is 32.1. The molecular weight excluding hydrogens is 326 g/mol. The molecule has 1 heterocycles. The van der Waals surface area contributed by atoms with Crippen LogP contribution in [0.2, 0.25) is 0 Å². The van der Waals surface area contributed by atoms with Crippen molar-refractivity contribution in [3.63, 3.8) is 0 Å². The van der Waals surface area contributed by atoms with Crippen LogP contribution < -0.4 is 4.57 Å². The van der Waals surface area contributed by atoms with E-state index in [4.69, 9.17) is 12.6 Å². The maximum Gasteiger partial charge on any atom is 0.270 e. The first-order valence-electron chi connectivity index (χ1n) is 7.41. The molecule has 0 spiro atoms. The lowest BCUT2D eigenvalue weighted by Crippen LogP contribution is -2.48. The molecule has 0 saturated carbocycles. The number of non-ortho nitro benzene ring substituents is 1. The van der Waals surface area contributed by atoms with E-state index in [-0.39, 0.29) is 22.1 Å². The minimum absolute atomic E-state index is 0.132. The van der Waals surface area contributed by atoms with E-state index in [1.54, 1.807) is 23.0 Å². The van der Waals surface area contributed by atoms with Gasteiger partial charge in [-0.25, -0.2) is 0 Å². The van der Waals surface area contributed by atoms with Crippen LogP contribution in [-0.4, -0.2) is 22.3 Å². The third-order valence-electron chi connectivity index (χ3n) is 3.41. The molecule has 0 N–H and O–H groups in total. The average Bonchev–Trinajstić information content (AvgIpc) is 2.55. The lowest BCUT2D eigenvalue weighted by atomic mass is 10.0. The van der Waals surface area contributed by atoms with E-state index in [2.05, 4.69) is 4.99 Å². The number of nitro groups is 1. The van der Waals surface area contributed by atoms with Gasteiger partial charge in [0.2, 0.25) is 11.8 Å². The highest BCUT2D eigenvalue weighted by molar-refractivity contribution is 7.77. The number of rotatable bonds is 6. The summed E-state index contributed by atoms with van der Waals surface area (Å²) in [6.07, 6.45) is 3.54. The number of aliphatic imine (C=N–C) groups is 1. The van der Waals surface area contributed by atoms with Crippen molar-refractivity contribution < 1.29 is 14.3 Å². The van der Waals surface area contributed by atoms with Gasteiger partial charge >= 0.3 is 0 Å². The number of hydrogen-bond acceptors (Lipinski definition) is 5. The third kappa shape index (κ3) is 3.99. The van der Waals surface area contributed by atoms with Crippen LogP contribution in [0.3, 0.4) is 0 Å². The first-order valence-corrected chi connectivity index (χ1v) is 7.82. The fourth-order valence-corrected chi connectivity index (χ4v) is 2.68. The molecule has 0 amide bonds. The number of aryl methyl sites for hydroxylation is 1. The molecule has 0 bridgehead atoms. The van der Waals surface area contributed by atoms with Gasteiger partial charge < -0.3 is 17.6 Å². The van der Waals surface area contributed by atoms with Gasteiger partial charge in [0.1, 0.15) is 0 Å².